The highest BCUT2D eigenvalue weighted by molar-refractivity contribution is 9.10. The molecule has 7 heteroatoms. The second-order valence-electron chi connectivity index (χ2n) is 4.41. The molecule has 0 heterocycles. The molecule has 1 aromatic rings. The third kappa shape index (κ3) is 6.67. The zero-order valence-electron chi connectivity index (χ0n) is 12.0. The van der Waals surface area contributed by atoms with E-state index in [2.05, 4.69) is 26.0 Å². The molecule has 21 heavy (non-hydrogen) atoms. The highest BCUT2D eigenvalue weighted by Gasteiger charge is 2.27. The molecule has 0 bridgehead atoms. The van der Waals surface area contributed by atoms with Gasteiger partial charge in [-0.3, -0.25) is 0 Å². The lowest BCUT2D eigenvalue weighted by Crippen LogP contribution is -2.22. The Morgan fingerprint density at radius 2 is 2.05 bits per heavy atom. The minimum atomic E-state index is -4.28. The predicted molar refractivity (Wildman–Crippen MR) is 78.6 cm³/mol. The Bertz CT molecular complexity index is 441. The fraction of sp³-hybridized carbons (Fsp3) is 0.571. The van der Waals surface area contributed by atoms with Crippen LogP contribution < -0.4 is 10.1 Å². The number of hydrogen-bond donors (Lipinski definition) is 1. The molecule has 0 aliphatic carbocycles. The van der Waals surface area contributed by atoms with Crippen molar-refractivity contribution in [3.63, 3.8) is 0 Å². The van der Waals surface area contributed by atoms with Gasteiger partial charge in [-0.1, -0.05) is 22.0 Å². The van der Waals surface area contributed by atoms with E-state index in [-0.39, 0.29) is 12.6 Å². The molecule has 0 aliphatic heterocycles. The average Bonchev–Trinajstić information content (AvgIpc) is 2.39. The molecule has 1 aromatic carbocycles. The molecule has 1 rings (SSSR count). The lowest BCUT2D eigenvalue weighted by atomic mass is 10.0. The minimum absolute atomic E-state index is 0.0324. The Balaban J connectivity index is 2.59. The van der Waals surface area contributed by atoms with Crippen molar-refractivity contribution < 1.29 is 22.6 Å². The summed E-state index contributed by atoms with van der Waals surface area (Å²) in [6.07, 6.45) is -3.84. The van der Waals surface area contributed by atoms with Crippen LogP contribution >= 0.6 is 15.9 Å². The molecule has 120 valence electrons. The highest BCUT2D eigenvalue weighted by Crippen LogP contribution is 2.29. The Hall–Kier alpha value is -0.790. The molecule has 0 amide bonds. The van der Waals surface area contributed by atoms with Gasteiger partial charge in [0, 0.05) is 17.1 Å². The van der Waals surface area contributed by atoms with Crippen LogP contribution in [-0.2, 0) is 4.74 Å². The monoisotopic (exact) mass is 369 g/mol. The summed E-state index contributed by atoms with van der Waals surface area (Å²) in [5.74, 6) is 0.747. The number of benzene rings is 1. The number of hydrogen-bond acceptors (Lipinski definition) is 3. The first kappa shape index (κ1) is 18.3. The molecule has 3 nitrogen and oxygen atoms in total. The van der Waals surface area contributed by atoms with Gasteiger partial charge in [0.05, 0.1) is 6.61 Å². The van der Waals surface area contributed by atoms with Crippen LogP contribution in [0, 0.1) is 0 Å². The Morgan fingerprint density at radius 1 is 1.33 bits per heavy atom. The van der Waals surface area contributed by atoms with E-state index in [1.165, 1.54) is 0 Å². The summed E-state index contributed by atoms with van der Waals surface area (Å²) in [7, 11) is 1.76. The van der Waals surface area contributed by atoms with E-state index in [0.29, 0.717) is 13.0 Å². The van der Waals surface area contributed by atoms with Gasteiger partial charge in [-0.05, 0) is 38.1 Å². The van der Waals surface area contributed by atoms with Crippen molar-refractivity contribution in [1.29, 1.82) is 0 Å². The smallest absolute Gasteiger partial charge is 0.411 e. The first-order chi connectivity index (χ1) is 9.87. The van der Waals surface area contributed by atoms with Crippen LogP contribution in [0.5, 0.6) is 5.75 Å². The Kier molecular flexibility index (Phi) is 7.48. The van der Waals surface area contributed by atoms with Crippen molar-refractivity contribution in [3.8, 4) is 5.75 Å². The van der Waals surface area contributed by atoms with E-state index in [9.17, 15) is 13.2 Å². The van der Waals surface area contributed by atoms with E-state index >= 15 is 0 Å². The molecule has 0 fully saturated rings. The fourth-order valence-corrected chi connectivity index (χ4v) is 2.53. The number of nitrogens with one attached hydrogen (secondary N) is 1. The van der Waals surface area contributed by atoms with Crippen LogP contribution in [0.2, 0.25) is 0 Å². The maximum atomic E-state index is 12.0. The predicted octanol–water partition coefficient (Wildman–Crippen LogP) is 4.08. The summed E-state index contributed by atoms with van der Waals surface area (Å²) in [6, 6.07) is 5.48. The van der Waals surface area contributed by atoms with Crippen LogP contribution in [0.1, 0.15) is 24.9 Å². The molecule has 0 spiro atoms. The third-order valence-electron chi connectivity index (χ3n) is 2.82. The average molecular weight is 370 g/mol. The van der Waals surface area contributed by atoms with Gasteiger partial charge >= 0.3 is 6.18 Å². The van der Waals surface area contributed by atoms with Gasteiger partial charge in [0.1, 0.15) is 12.4 Å². The summed E-state index contributed by atoms with van der Waals surface area (Å²) in [5.41, 5.74) is 0.955. The number of halogens is 4. The SMILES string of the molecule is CCOc1ccc(C(CCOCC(F)(F)F)NC)c(Br)c1. The lowest BCUT2D eigenvalue weighted by Gasteiger charge is -2.19. The van der Waals surface area contributed by atoms with Crippen LogP contribution in [-0.4, -0.2) is 33.0 Å². The molecule has 1 N–H and O–H groups in total. The van der Waals surface area contributed by atoms with E-state index in [0.717, 1.165) is 15.8 Å². The highest BCUT2D eigenvalue weighted by atomic mass is 79.9. The molecule has 1 unspecified atom stereocenters. The van der Waals surface area contributed by atoms with Crippen molar-refractivity contribution in [3.05, 3.63) is 28.2 Å². The van der Waals surface area contributed by atoms with Gasteiger partial charge in [-0.2, -0.15) is 13.2 Å². The zero-order chi connectivity index (χ0) is 15.9. The number of alkyl halides is 3. The summed E-state index contributed by atoms with van der Waals surface area (Å²) >= 11 is 3.46. The topological polar surface area (TPSA) is 30.5 Å². The van der Waals surface area contributed by atoms with Crippen LogP contribution in [0.3, 0.4) is 0 Å². The van der Waals surface area contributed by atoms with Crippen molar-refractivity contribution in [2.45, 2.75) is 25.6 Å². The molecule has 1 atom stereocenters. The zero-order valence-corrected chi connectivity index (χ0v) is 13.6. The third-order valence-corrected chi connectivity index (χ3v) is 3.51. The van der Waals surface area contributed by atoms with Gasteiger partial charge in [-0.25, -0.2) is 0 Å². The maximum Gasteiger partial charge on any atom is 0.411 e. The molecule has 0 aromatic heterocycles. The van der Waals surface area contributed by atoms with Gasteiger partial charge in [0.25, 0.3) is 0 Å². The summed E-state index contributed by atoms with van der Waals surface area (Å²) < 4.78 is 46.9. The first-order valence-electron chi connectivity index (χ1n) is 6.61. The Morgan fingerprint density at radius 3 is 2.57 bits per heavy atom. The fourth-order valence-electron chi connectivity index (χ4n) is 1.89. The number of ether oxygens (including phenoxy) is 2. The summed E-state index contributed by atoms with van der Waals surface area (Å²) in [6.45, 7) is 1.29. The molecule has 0 saturated carbocycles. The quantitative estimate of drug-likeness (QED) is 0.700. The summed E-state index contributed by atoms with van der Waals surface area (Å²) in [5, 5.41) is 3.08. The lowest BCUT2D eigenvalue weighted by molar-refractivity contribution is -0.174. The van der Waals surface area contributed by atoms with Crippen molar-refractivity contribution >= 4 is 15.9 Å². The second kappa shape index (κ2) is 8.60. The van der Waals surface area contributed by atoms with Crippen molar-refractivity contribution in [2.75, 3.05) is 26.9 Å². The van der Waals surface area contributed by atoms with Gasteiger partial charge in [0.2, 0.25) is 0 Å². The van der Waals surface area contributed by atoms with Crippen molar-refractivity contribution in [2.24, 2.45) is 0 Å². The van der Waals surface area contributed by atoms with Gasteiger partial charge in [-0.15, -0.1) is 0 Å². The summed E-state index contributed by atoms with van der Waals surface area (Å²) in [4.78, 5) is 0. The van der Waals surface area contributed by atoms with Gasteiger partial charge in [0.15, 0.2) is 0 Å². The van der Waals surface area contributed by atoms with Gasteiger partial charge < -0.3 is 14.8 Å². The largest absolute Gasteiger partial charge is 0.494 e. The van der Waals surface area contributed by atoms with Crippen LogP contribution in [0.4, 0.5) is 13.2 Å². The van der Waals surface area contributed by atoms with Crippen LogP contribution in [0.15, 0.2) is 22.7 Å². The van der Waals surface area contributed by atoms with E-state index in [4.69, 9.17) is 4.74 Å². The molecular formula is C14H19BrF3NO2. The maximum absolute atomic E-state index is 12.0. The molecule has 0 radical (unpaired) electrons. The normalized spacial score (nSPS) is 13.2. The molecule has 0 saturated heterocycles. The van der Waals surface area contributed by atoms with E-state index in [1.54, 1.807) is 7.05 Å². The minimum Gasteiger partial charge on any atom is -0.494 e. The first-order valence-corrected chi connectivity index (χ1v) is 7.40. The van der Waals surface area contributed by atoms with E-state index < -0.39 is 12.8 Å². The molecular weight excluding hydrogens is 351 g/mol. The van der Waals surface area contributed by atoms with E-state index in [1.807, 2.05) is 25.1 Å². The molecule has 0 aliphatic rings. The second-order valence-corrected chi connectivity index (χ2v) is 5.27. The Labute approximate surface area is 130 Å². The number of rotatable bonds is 8. The standard InChI is InChI=1S/C14H19BrF3NO2/c1-3-21-10-4-5-11(12(15)8-10)13(19-2)6-7-20-9-14(16,17)18/h4-5,8,13,19H,3,6-7,9H2,1-2H3. The van der Waals surface area contributed by atoms with Crippen LogP contribution in [0.25, 0.3) is 0 Å². The van der Waals surface area contributed by atoms with Crippen molar-refractivity contribution in [1.82, 2.24) is 5.32 Å².